The lowest BCUT2D eigenvalue weighted by atomic mass is 10.2. The Bertz CT molecular complexity index is 227. The summed E-state index contributed by atoms with van der Waals surface area (Å²) < 4.78 is 36.5. The van der Waals surface area contributed by atoms with Gasteiger partial charge < -0.3 is 10.0 Å². The molecule has 0 aromatic rings. The molecule has 0 rings (SSSR count). The fraction of sp³-hybridized carbons (Fsp3) is 0.900. The zero-order chi connectivity index (χ0) is 12.9. The van der Waals surface area contributed by atoms with Crippen molar-refractivity contribution in [3.05, 3.63) is 0 Å². The number of carbonyl (C=O) groups is 1. The van der Waals surface area contributed by atoms with Gasteiger partial charge in [-0.25, -0.2) is 0 Å². The Morgan fingerprint density at radius 2 is 1.81 bits per heavy atom. The molecular weight excluding hydrogens is 223 g/mol. The number of carbonyl (C=O) groups excluding carboxylic acids is 1. The quantitative estimate of drug-likeness (QED) is 0.799. The minimum atomic E-state index is -4.38. The molecule has 1 unspecified atom stereocenters. The van der Waals surface area contributed by atoms with Crippen LogP contribution in [0.25, 0.3) is 0 Å². The van der Waals surface area contributed by atoms with Crippen molar-refractivity contribution in [3.8, 4) is 0 Å². The average molecular weight is 241 g/mol. The van der Waals surface area contributed by atoms with Crippen LogP contribution in [0.15, 0.2) is 0 Å². The third kappa shape index (κ3) is 6.66. The summed E-state index contributed by atoms with van der Waals surface area (Å²) >= 11 is 0. The van der Waals surface area contributed by atoms with Crippen LogP contribution in [0.4, 0.5) is 13.2 Å². The number of hydrogen-bond acceptors (Lipinski definition) is 2. The Hall–Kier alpha value is -0.780. The van der Waals surface area contributed by atoms with Gasteiger partial charge in [0.15, 0.2) is 0 Å². The highest BCUT2D eigenvalue weighted by Crippen LogP contribution is 2.19. The lowest BCUT2D eigenvalue weighted by Crippen LogP contribution is -2.43. The van der Waals surface area contributed by atoms with Gasteiger partial charge in [0.2, 0.25) is 5.91 Å². The molecule has 0 saturated heterocycles. The van der Waals surface area contributed by atoms with Gasteiger partial charge in [0, 0.05) is 12.5 Å². The predicted molar refractivity (Wildman–Crippen MR) is 53.8 cm³/mol. The van der Waals surface area contributed by atoms with Crippen LogP contribution >= 0.6 is 0 Å². The first kappa shape index (κ1) is 15.2. The molecule has 0 radical (unpaired) electrons. The fourth-order valence-corrected chi connectivity index (χ4v) is 1.23. The number of amides is 1. The maximum Gasteiger partial charge on any atom is 0.406 e. The van der Waals surface area contributed by atoms with Crippen LogP contribution in [-0.2, 0) is 4.79 Å². The number of aliphatic hydroxyl groups excluding tert-OH is 1. The second kappa shape index (κ2) is 6.08. The first-order valence-corrected chi connectivity index (χ1v) is 5.17. The molecule has 0 aliphatic heterocycles. The van der Waals surface area contributed by atoms with Gasteiger partial charge in [-0.05, 0) is 27.2 Å². The van der Waals surface area contributed by atoms with E-state index in [-0.39, 0.29) is 12.8 Å². The monoisotopic (exact) mass is 241 g/mol. The van der Waals surface area contributed by atoms with Crippen molar-refractivity contribution in [2.75, 3.05) is 6.54 Å². The zero-order valence-electron chi connectivity index (χ0n) is 9.71. The third-order valence-electron chi connectivity index (χ3n) is 2.07. The van der Waals surface area contributed by atoms with Crippen molar-refractivity contribution in [1.82, 2.24) is 4.90 Å². The van der Waals surface area contributed by atoms with Crippen LogP contribution < -0.4 is 0 Å². The summed E-state index contributed by atoms with van der Waals surface area (Å²) in [5.74, 6) is -0.576. The van der Waals surface area contributed by atoms with Gasteiger partial charge >= 0.3 is 6.18 Å². The van der Waals surface area contributed by atoms with Gasteiger partial charge in [0.25, 0.3) is 0 Å². The van der Waals surface area contributed by atoms with E-state index in [0.717, 1.165) is 4.90 Å². The molecule has 0 saturated carbocycles. The number of hydrogen-bond donors (Lipinski definition) is 1. The molecule has 1 amide bonds. The summed E-state index contributed by atoms with van der Waals surface area (Å²) in [6.07, 6.45) is -4.94. The molecule has 0 aromatic heterocycles. The zero-order valence-corrected chi connectivity index (χ0v) is 9.71. The Morgan fingerprint density at radius 1 is 1.31 bits per heavy atom. The summed E-state index contributed by atoms with van der Waals surface area (Å²) in [5, 5.41) is 8.96. The van der Waals surface area contributed by atoms with E-state index >= 15 is 0 Å². The summed E-state index contributed by atoms with van der Waals surface area (Å²) in [4.78, 5) is 12.3. The van der Waals surface area contributed by atoms with Crippen LogP contribution in [-0.4, -0.2) is 40.8 Å². The highest BCUT2D eigenvalue weighted by atomic mass is 19.4. The van der Waals surface area contributed by atoms with Gasteiger partial charge in [-0.15, -0.1) is 0 Å². The molecule has 1 N–H and O–H groups in total. The van der Waals surface area contributed by atoms with E-state index < -0.39 is 30.8 Å². The smallest absolute Gasteiger partial charge is 0.393 e. The Morgan fingerprint density at radius 3 is 2.12 bits per heavy atom. The van der Waals surface area contributed by atoms with Gasteiger partial charge in [-0.2, -0.15) is 13.2 Å². The number of nitrogens with zero attached hydrogens (tertiary/aromatic N) is 1. The van der Waals surface area contributed by atoms with E-state index in [1.807, 2.05) is 0 Å². The molecule has 0 aliphatic carbocycles. The lowest BCUT2D eigenvalue weighted by molar-refractivity contribution is -0.164. The molecule has 0 bridgehead atoms. The van der Waals surface area contributed by atoms with E-state index in [0.29, 0.717) is 0 Å². The molecular formula is C10H18F3NO2. The SMILES string of the molecule is CC(O)CCC(=O)N(CC(F)(F)F)C(C)C. The van der Waals surface area contributed by atoms with Gasteiger partial charge in [0.1, 0.15) is 6.54 Å². The number of alkyl halides is 3. The molecule has 3 nitrogen and oxygen atoms in total. The van der Waals surface area contributed by atoms with Crippen molar-refractivity contribution in [2.45, 2.75) is 51.9 Å². The molecule has 0 fully saturated rings. The number of rotatable bonds is 5. The van der Waals surface area contributed by atoms with E-state index in [1.54, 1.807) is 0 Å². The van der Waals surface area contributed by atoms with Crippen molar-refractivity contribution in [1.29, 1.82) is 0 Å². The predicted octanol–water partition coefficient (Wildman–Crippen LogP) is 1.95. The van der Waals surface area contributed by atoms with E-state index in [2.05, 4.69) is 0 Å². The highest BCUT2D eigenvalue weighted by molar-refractivity contribution is 5.76. The van der Waals surface area contributed by atoms with Crippen LogP contribution in [0.1, 0.15) is 33.6 Å². The summed E-state index contributed by atoms with van der Waals surface area (Å²) in [6.45, 7) is 3.33. The van der Waals surface area contributed by atoms with E-state index in [9.17, 15) is 18.0 Å². The topological polar surface area (TPSA) is 40.5 Å². The second-order valence-corrected chi connectivity index (χ2v) is 4.12. The van der Waals surface area contributed by atoms with Crippen LogP contribution in [0, 0.1) is 0 Å². The number of halogens is 3. The largest absolute Gasteiger partial charge is 0.406 e. The Balaban J connectivity index is 4.37. The van der Waals surface area contributed by atoms with Crippen molar-refractivity contribution in [3.63, 3.8) is 0 Å². The van der Waals surface area contributed by atoms with Gasteiger partial charge in [-0.1, -0.05) is 0 Å². The van der Waals surface area contributed by atoms with Crippen LogP contribution in [0.3, 0.4) is 0 Å². The van der Waals surface area contributed by atoms with Gasteiger partial charge in [-0.3, -0.25) is 4.79 Å². The van der Waals surface area contributed by atoms with E-state index in [4.69, 9.17) is 5.11 Å². The van der Waals surface area contributed by atoms with Crippen LogP contribution in [0.5, 0.6) is 0 Å². The van der Waals surface area contributed by atoms with Crippen molar-refractivity contribution >= 4 is 5.91 Å². The molecule has 0 spiro atoms. The lowest BCUT2D eigenvalue weighted by Gasteiger charge is -2.28. The molecule has 16 heavy (non-hydrogen) atoms. The maximum atomic E-state index is 12.2. The van der Waals surface area contributed by atoms with Crippen LogP contribution in [0.2, 0.25) is 0 Å². The third-order valence-corrected chi connectivity index (χ3v) is 2.07. The Labute approximate surface area is 93.2 Å². The first-order valence-electron chi connectivity index (χ1n) is 5.17. The fourth-order valence-electron chi connectivity index (χ4n) is 1.23. The molecule has 6 heteroatoms. The summed E-state index contributed by atoms with van der Waals surface area (Å²) in [6, 6.07) is -0.497. The molecule has 1 atom stereocenters. The molecule has 0 aromatic carbocycles. The normalized spacial score (nSPS) is 14.0. The molecule has 96 valence electrons. The minimum Gasteiger partial charge on any atom is -0.393 e. The second-order valence-electron chi connectivity index (χ2n) is 4.12. The summed E-state index contributed by atoms with van der Waals surface area (Å²) in [5.41, 5.74) is 0. The van der Waals surface area contributed by atoms with Crippen molar-refractivity contribution < 1.29 is 23.1 Å². The summed E-state index contributed by atoms with van der Waals surface area (Å²) in [7, 11) is 0. The average Bonchev–Trinajstić information content (AvgIpc) is 2.08. The van der Waals surface area contributed by atoms with Crippen molar-refractivity contribution in [2.24, 2.45) is 0 Å². The highest BCUT2D eigenvalue weighted by Gasteiger charge is 2.33. The molecule has 0 aliphatic rings. The molecule has 0 heterocycles. The minimum absolute atomic E-state index is 0.0636. The van der Waals surface area contributed by atoms with E-state index in [1.165, 1.54) is 20.8 Å². The standard InChI is InChI=1S/C10H18F3NO2/c1-7(2)14(6-10(11,12)13)9(16)5-4-8(3)15/h7-8,15H,4-6H2,1-3H3. The number of aliphatic hydroxyl groups is 1. The van der Waals surface area contributed by atoms with Gasteiger partial charge in [0.05, 0.1) is 6.10 Å². The first-order chi connectivity index (χ1) is 7.13. The Kier molecular flexibility index (Phi) is 5.78. The maximum absolute atomic E-state index is 12.2.